The minimum Gasteiger partial charge on any atom is -0.352 e. The normalized spacial score (nSPS) is 23.1. The van der Waals surface area contributed by atoms with E-state index in [0.29, 0.717) is 12.6 Å². The number of hydrogen-bond acceptors (Lipinski definition) is 4. The van der Waals surface area contributed by atoms with Crippen molar-refractivity contribution >= 4 is 15.9 Å². The molecular formula is C13H25N3O3S. The molecule has 7 heteroatoms. The van der Waals surface area contributed by atoms with Crippen molar-refractivity contribution in [1.82, 2.24) is 14.9 Å². The number of carbonyl (C=O) groups is 1. The smallest absolute Gasteiger partial charge is 0.234 e. The predicted octanol–water partition coefficient (Wildman–Crippen LogP) is 0.0588. The van der Waals surface area contributed by atoms with Crippen LogP contribution in [0.5, 0.6) is 0 Å². The largest absolute Gasteiger partial charge is 0.352 e. The molecule has 1 amide bonds. The number of nitrogens with one attached hydrogen (secondary N) is 2. The van der Waals surface area contributed by atoms with Crippen molar-refractivity contribution in [3.05, 3.63) is 0 Å². The van der Waals surface area contributed by atoms with Crippen LogP contribution in [0.15, 0.2) is 0 Å². The highest BCUT2D eigenvalue weighted by Crippen LogP contribution is 2.17. The lowest BCUT2D eigenvalue weighted by Gasteiger charge is -2.31. The minimum atomic E-state index is -3.13. The molecule has 0 aromatic heterocycles. The molecule has 2 N–H and O–H groups in total. The van der Waals surface area contributed by atoms with Gasteiger partial charge in [-0.2, -0.15) is 0 Å². The van der Waals surface area contributed by atoms with Gasteiger partial charge in [-0.25, -0.2) is 13.1 Å². The van der Waals surface area contributed by atoms with Gasteiger partial charge in [0.25, 0.3) is 0 Å². The molecule has 0 bridgehead atoms. The van der Waals surface area contributed by atoms with Gasteiger partial charge in [0.05, 0.1) is 12.8 Å². The Morgan fingerprint density at radius 1 is 1.10 bits per heavy atom. The first kappa shape index (κ1) is 15.7. The van der Waals surface area contributed by atoms with Crippen molar-refractivity contribution in [3.8, 4) is 0 Å². The SMILES string of the molecule is CS(=O)(=O)NC1CCN(CC(=O)NC2CCCC2)CC1. The number of likely N-dealkylation sites (tertiary alicyclic amines) is 1. The van der Waals surface area contributed by atoms with Crippen molar-refractivity contribution in [2.45, 2.75) is 50.6 Å². The van der Waals surface area contributed by atoms with E-state index < -0.39 is 10.0 Å². The fraction of sp³-hybridized carbons (Fsp3) is 0.923. The summed E-state index contributed by atoms with van der Waals surface area (Å²) in [4.78, 5) is 14.0. The first-order valence-electron chi connectivity index (χ1n) is 7.41. The van der Waals surface area contributed by atoms with E-state index in [1.165, 1.54) is 19.1 Å². The van der Waals surface area contributed by atoms with Crippen LogP contribution in [0.4, 0.5) is 0 Å². The molecule has 20 heavy (non-hydrogen) atoms. The molecule has 6 nitrogen and oxygen atoms in total. The molecule has 1 aliphatic carbocycles. The Hall–Kier alpha value is -0.660. The van der Waals surface area contributed by atoms with E-state index in [2.05, 4.69) is 14.9 Å². The van der Waals surface area contributed by atoms with Crippen LogP contribution in [-0.4, -0.2) is 57.2 Å². The second kappa shape index (κ2) is 6.87. The minimum absolute atomic E-state index is 0.0131. The predicted molar refractivity (Wildman–Crippen MR) is 77.8 cm³/mol. The summed E-state index contributed by atoms with van der Waals surface area (Å²) < 4.78 is 25.0. The maximum Gasteiger partial charge on any atom is 0.234 e. The van der Waals surface area contributed by atoms with Crippen LogP contribution in [0.25, 0.3) is 0 Å². The highest BCUT2D eigenvalue weighted by Gasteiger charge is 2.24. The lowest BCUT2D eigenvalue weighted by atomic mass is 10.1. The van der Waals surface area contributed by atoms with Crippen LogP contribution in [0.2, 0.25) is 0 Å². The van der Waals surface area contributed by atoms with Gasteiger partial charge in [-0.1, -0.05) is 12.8 Å². The van der Waals surface area contributed by atoms with Crippen LogP contribution < -0.4 is 10.0 Å². The molecule has 1 saturated heterocycles. The van der Waals surface area contributed by atoms with E-state index >= 15 is 0 Å². The van der Waals surface area contributed by atoms with Crippen molar-refractivity contribution < 1.29 is 13.2 Å². The summed E-state index contributed by atoms with van der Waals surface area (Å²) in [6.45, 7) is 1.97. The Balaban J connectivity index is 1.67. The van der Waals surface area contributed by atoms with Crippen molar-refractivity contribution in [2.75, 3.05) is 25.9 Å². The summed E-state index contributed by atoms with van der Waals surface area (Å²) in [6.07, 6.45) is 7.36. The van der Waals surface area contributed by atoms with Crippen molar-refractivity contribution in [2.24, 2.45) is 0 Å². The topological polar surface area (TPSA) is 78.5 Å². The molecule has 0 aromatic carbocycles. The average Bonchev–Trinajstić information content (AvgIpc) is 2.82. The summed E-state index contributed by atoms with van der Waals surface area (Å²) in [5.41, 5.74) is 0. The zero-order valence-corrected chi connectivity index (χ0v) is 12.9. The molecule has 0 aromatic rings. The van der Waals surface area contributed by atoms with E-state index in [0.717, 1.165) is 38.8 Å². The third-order valence-corrected chi connectivity index (χ3v) is 4.82. The maximum atomic E-state index is 11.9. The summed E-state index contributed by atoms with van der Waals surface area (Å²) in [5, 5.41) is 3.08. The molecule has 0 atom stereocenters. The van der Waals surface area contributed by atoms with Gasteiger partial charge in [0, 0.05) is 25.2 Å². The number of carbonyl (C=O) groups excluding carboxylic acids is 1. The van der Waals surface area contributed by atoms with E-state index in [9.17, 15) is 13.2 Å². The zero-order valence-electron chi connectivity index (χ0n) is 12.1. The quantitative estimate of drug-likeness (QED) is 0.753. The highest BCUT2D eigenvalue weighted by atomic mass is 32.2. The molecule has 2 rings (SSSR count). The number of amides is 1. The molecular weight excluding hydrogens is 278 g/mol. The third kappa shape index (κ3) is 5.38. The van der Waals surface area contributed by atoms with Crippen LogP contribution in [0, 0.1) is 0 Å². The number of hydrogen-bond donors (Lipinski definition) is 2. The second-order valence-corrected chi connectivity index (χ2v) is 7.77. The van der Waals surface area contributed by atoms with Gasteiger partial charge in [-0.3, -0.25) is 9.69 Å². The van der Waals surface area contributed by atoms with Gasteiger partial charge >= 0.3 is 0 Å². The monoisotopic (exact) mass is 303 g/mol. The van der Waals surface area contributed by atoms with Crippen LogP contribution >= 0.6 is 0 Å². The van der Waals surface area contributed by atoms with Crippen molar-refractivity contribution in [3.63, 3.8) is 0 Å². The Morgan fingerprint density at radius 3 is 2.25 bits per heavy atom. The number of sulfonamides is 1. The summed E-state index contributed by atoms with van der Waals surface area (Å²) in [7, 11) is -3.13. The van der Waals surface area contributed by atoms with Crippen LogP contribution in [-0.2, 0) is 14.8 Å². The first-order valence-corrected chi connectivity index (χ1v) is 9.30. The van der Waals surface area contributed by atoms with Gasteiger partial charge in [0.2, 0.25) is 15.9 Å². The standard InChI is InChI=1S/C13H25N3O3S/c1-20(18,19)15-12-6-8-16(9-7-12)10-13(17)14-11-4-2-3-5-11/h11-12,15H,2-10H2,1H3,(H,14,17). The van der Waals surface area contributed by atoms with E-state index in [4.69, 9.17) is 0 Å². The fourth-order valence-electron chi connectivity index (χ4n) is 3.06. The number of piperidine rings is 1. The van der Waals surface area contributed by atoms with Gasteiger partial charge in [-0.05, 0) is 25.7 Å². The lowest BCUT2D eigenvalue weighted by Crippen LogP contribution is -2.48. The zero-order chi connectivity index (χ0) is 14.6. The number of rotatable bonds is 5. The van der Waals surface area contributed by atoms with E-state index in [-0.39, 0.29) is 11.9 Å². The van der Waals surface area contributed by atoms with Gasteiger partial charge in [0.15, 0.2) is 0 Å². The lowest BCUT2D eigenvalue weighted by molar-refractivity contribution is -0.123. The molecule has 1 saturated carbocycles. The Labute approximate surface area is 121 Å². The van der Waals surface area contributed by atoms with Crippen molar-refractivity contribution in [1.29, 1.82) is 0 Å². The Kier molecular flexibility index (Phi) is 5.40. The summed E-state index contributed by atoms with van der Waals surface area (Å²) >= 11 is 0. The third-order valence-electron chi connectivity index (χ3n) is 4.06. The summed E-state index contributed by atoms with van der Waals surface area (Å²) in [6, 6.07) is 0.381. The maximum absolute atomic E-state index is 11.9. The molecule has 0 spiro atoms. The van der Waals surface area contributed by atoms with Gasteiger partial charge in [0.1, 0.15) is 0 Å². The molecule has 0 unspecified atom stereocenters. The van der Waals surface area contributed by atoms with E-state index in [1.807, 2.05) is 0 Å². The Morgan fingerprint density at radius 2 is 1.70 bits per heavy atom. The van der Waals surface area contributed by atoms with Gasteiger partial charge in [-0.15, -0.1) is 0 Å². The molecule has 2 aliphatic rings. The molecule has 116 valence electrons. The Bertz CT molecular complexity index is 424. The highest BCUT2D eigenvalue weighted by molar-refractivity contribution is 7.88. The fourth-order valence-corrected chi connectivity index (χ4v) is 3.90. The molecule has 1 aliphatic heterocycles. The molecule has 0 radical (unpaired) electrons. The average molecular weight is 303 g/mol. The van der Waals surface area contributed by atoms with Crippen LogP contribution in [0.1, 0.15) is 38.5 Å². The first-order chi connectivity index (χ1) is 9.42. The summed E-state index contributed by atoms with van der Waals surface area (Å²) in [5.74, 6) is 0.103. The molecule has 1 heterocycles. The van der Waals surface area contributed by atoms with Gasteiger partial charge < -0.3 is 5.32 Å². The van der Waals surface area contributed by atoms with Crippen LogP contribution in [0.3, 0.4) is 0 Å². The van der Waals surface area contributed by atoms with E-state index in [1.54, 1.807) is 0 Å². The molecule has 2 fully saturated rings. The second-order valence-electron chi connectivity index (χ2n) is 5.99. The number of nitrogens with zero attached hydrogens (tertiary/aromatic N) is 1.